The van der Waals surface area contributed by atoms with E-state index in [1.807, 2.05) is 0 Å². The molecular formula is C10H14N2O4. The van der Waals surface area contributed by atoms with Crippen LogP contribution in [0.15, 0.2) is 10.7 Å². The van der Waals surface area contributed by atoms with Gasteiger partial charge >= 0.3 is 12.0 Å². The third-order valence-electron chi connectivity index (χ3n) is 2.05. The summed E-state index contributed by atoms with van der Waals surface area (Å²) in [7, 11) is 0. The predicted molar refractivity (Wildman–Crippen MR) is 55.9 cm³/mol. The molecule has 0 aliphatic heterocycles. The third-order valence-corrected chi connectivity index (χ3v) is 2.05. The van der Waals surface area contributed by atoms with Crippen LogP contribution in [0.1, 0.15) is 26.0 Å². The highest BCUT2D eigenvalue weighted by Crippen LogP contribution is 2.21. The Morgan fingerprint density at radius 2 is 2.19 bits per heavy atom. The Labute approximate surface area is 92.7 Å². The number of hydrogen-bond donors (Lipinski definition) is 2. The summed E-state index contributed by atoms with van der Waals surface area (Å²) >= 11 is 0. The Hall–Kier alpha value is -1.85. The van der Waals surface area contributed by atoms with Crippen molar-refractivity contribution in [2.24, 2.45) is 5.41 Å². The largest absolute Gasteiger partial charge is 0.481 e. The molecule has 6 nitrogen and oxygen atoms in total. The average molecular weight is 226 g/mol. The molecule has 6 heteroatoms. The topological polar surface area (TPSA) is 92.4 Å². The summed E-state index contributed by atoms with van der Waals surface area (Å²) in [5.74, 6) is -1.46. The molecule has 88 valence electrons. The van der Waals surface area contributed by atoms with E-state index in [2.05, 4.69) is 10.3 Å². The Bertz CT molecular complexity index is 409. The van der Waals surface area contributed by atoms with Gasteiger partial charge in [0.1, 0.15) is 6.26 Å². The van der Waals surface area contributed by atoms with Crippen molar-refractivity contribution < 1.29 is 19.1 Å². The minimum Gasteiger partial charge on any atom is -0.481 e. The Balaban J connectivity index is 2.58. The van der Waals surface area contributed by atoms with Gasteiger partial charge in [-0.1, -0.05) is 0 Å². The number of carboxylic acid groups (broad SMARTS) is 1. The molecule has 0 aliphatic rings. The van der Waals surface area contributed by atoms with Gasteiger partial charge in [0.15, 0.2) is 0 Å². The van der Waals surface area contributed by atoms with Gasteiger partial charge in [0, 0.05) is 6.42 Å². The van der Waals surface area contributed by atoms with E-state index in [1.54, 1.807) is 6.92 Å². The summed E-state index contributed by atoms with van der Waals surface area (Å²) in [6, 6.07) is 0.0867. The second-order valence-electron chi connectivity index (χ2n) is 4.21. The van der Waals surface area contributed by atoms with Crippen LogP contribution in [-0.4, -0.2) is 22.0 Å². The standard InChI is InChI=1S/C10H14N2O4/c1-6-5-16-9(11-6)12-7(13)4-10(2,3)8(14)15/h5H,4H2,1-3H3,(H,14,15)(H,11,12,13). The molecule has 0 saturated carbocycles. The van der Waals surface area contributed by atoms with Gasteiger partial charge in [0.25, 0.3) is 0 Å². The van der Waals surface area contributed by atoms with Crippen LogP contribution < -0.4 is 5.32 Å². The van der Waals surface area contributed by atoms with Crippen LogP contribution in [-0.2, 0) is 9.59 Å². The normalized spacial score (nSPS) is 11.2. The minimum absolute atomic E-state index is 0.0867. The number of anilines is 1. The number of aromatic nitrogens is 1. The maximum Gasteiger partial charge on any atom is 0.309 e. The van der Waals surface area contributed by atoms with Gasteiger partial charge in [0.05, 0.1) is 11.1 Å². The van der Waals surface area contributed by atoms with Gasteiger partial charge in [0.2, 0.25) is 5.91 Å². The molecule has 0 radical (unpaired) electrons. The van der Waals surface area contributed by atoms with Crippen molar-refractivity contribution in [1.82, 2.24) is 4.98 Å². The first-order valence-electron chi connectivity index (χ1n) is 4.76. The number of carbonyl (C=O) groups is 2. The van der Waals surface area contributed by atoms with Crippen molar-refractivity contribution in [3.63, 3.8) is 0 Å². The van der Waals surface area contributed by atoms with Gasteiger partial charge in [-0.2, -0.15) is 4.98 Å². The highest BCUT2D eigenvalue weighted by Gasteiger charge is 2.30. The van der Waals surface area contributed by atoms with Crippen LogP contribution in [0.3, 0.4) is 0 Å². The van der Waals surface area contributed by atoms with Crippen molar-refractivity contribution in [2.75, 3.05) is 5.32 Å². The number of hydrogen-bond acceptors (Lipinski definition) is 4. The number of aliphatic carboxylic acids is 1. The molecule has 0 fully saturated rings. The molecule has 1 amide bonds. The van der Waals surface area contributed by atoms with E-state index >= 15 is 0 Å². The molecule has 0 aromatic carbocycles. The molecule has 1 rings (SSSR count). The lowest BCUT2D eigenvalue weighted by Gasteiger charge is -2.17. The first-order chi connectivity index (χ1) is 7.31. The van der Waals surface area contributed by atoms with Gasteiger partial charge in [-0.25, -0.2) is 0 Å². The van der Waals surface area contributed by atoms with Crippen LogP contribution in [0.4, 0.5) is 6.01 Å². The molecule has 1 heterocycles. The van der Waals surface area contributed by atoms with Crippen LogP contribution in [0.5, 0.6) is 0 Å². The molecule has 1 aromatic rings. The monoisotopic (exact) mass is 226 g/mol. The molecule has 0 bridgehead atoms. The third kappa shape index (κ3) is 3.08. The first kappa shape index (κ1) is 12.2. The lowest BCUT2D eigenvalue weighted by molar-refractivity contribution is -0.149. The van der Waals surface area contributed by atoms with Crippen LogP contribution in [0.25, 0.3) is 0 Å². The fourth-order valence-corrected chi connectivity index (χ4v) is 1.05. The van der Waals surface area contributed by atoms with Crippen molar-refractivity contribution in [2.45, 2.75) is 27.2 Å². The molecule has 0 atom stereocenters. The fraction of sp³-hybridized carbons (Fsp3) is 0.500. The van der Waals surface area contributed by atoms with E-state index in [0.29, 0.717) is 5.69 Å². The zero-order chi connectivity index (χ0) is 12.3. The molecule has 0 aliphatic carbocycles. The van der Waals surface area contributed by atoms with Crippen LogP contribution in [0.2, 0.25) is 0 Å². The molecule has 16 heavy (non-hydrogen) atoms. The lowest BCUT2D eigenvalue weighted by Crippen LogP contribution is -2.29. The Morgan fingerprint density at radius 1 is 1.56 bits per heavy atom. The number of nitrogens with zero attached hydrogens (tertiary/aromatic N) is 1. The van der Waals surface area contributed by atoms with Gasteiger partial charge in [-0.15, -0.1) is 0 Å². The number of nitrogens with one attached hydrogen (secondary N) is 1. The second kappa shape index (κ2) is 4.34. The number of oxazole rings is 1. The van der Waals surface area contributed by atoms with Gasteiger partial charge in [-0.3, -0.25) is 14.9 Å². The summed E-state index contributed by atoms with van der Waals surface area (Å²) in [6.45, 7) is 4.69. The van der Waals surface area contributed by atoms with E-state index in [1.165, 1.54) is 20.1 Å². The minimum atomic E-state index is -1.11. The Morgan fingerprint density at radius 3 is 2.62 bits per heavy atom. The van der Waals surface area contributed by atoms with Crippen LogP contribution in [0, 0.1) is 12.3 Å². The molecule has 0 saturated heterocycles. The zero-order valence-corrected chi connectivity index (χ0v) is 9.40. The highest BCUT2D eigenvalue weighted by atomic mass is 16.4. The van der Waals surface area contributed by atoms with E-state index in [9.17, 15) is 9.59 Å². The number of carboxylic acids is 1. The van der Waals surface area contributed by atoms with Crippen molar-refractivity contribution in [3.8, 4) is 0 Å². The SMILES string of the molecule is Cc1coc(NC(=O)CC(C)(C)C(=O)O)n1. The predicted octanol–water partition coefficient (Wildman–Crippen LogP) is 1.42. The summed E-state index contributed by atoms with van der Waals surface area (Å²) in [6.07, 6.45) is 1.27. The maximum atomic E-state index is 11.5. The van der Waals surface area contributed by atoms with Gasteiger partial charge in [-0.05, 0) is 20.8 Å². The summed E-state index contributed by atoms with van der Waals surface area (Å²) in [5.41, 5.74) is -0.459. The second-order valence-corrected chi connectivity index (χ2v) is 4.21. The van der Waals surface area contributed by atoms with E-state index in [-0.39, 0.29) is 12.4 Å². The molecule has 2 N–H and O–H groups in total. The van der Waals surface area contributed by atoms with Crippen molar-refractivity contribution in [3.05, 3.63) is 12.0 Å². The first-order valence-corrected chi connectivity index (χ1v) is 4.76. The van der Waals surface area contributed by atoms with E-state index < -0.39 is 17.3 Å². The van der Waals surface area contributed by atoms with E-state index in [4.69, 9.17) is 9.52 Å². The Kier molecular flexibility index (Phi) is 3.31. The number of rotatable bonds is 4. The van der Waals surface area contributed by atoms with Crippen molar-refractivity contribution in [1.29, 1.82) is 0 Å². The van der Waals surface area contributed by atoms with E-state index in [0.717, 1.165) is 0 Å². The summed E-state index contributed by atoms with van der Waals surface area (Å²) < 4.78 is 4.92. The van der Waals surface area contributed by atoms with Crippen molar-refractivity contribution >= 4 is 17.9 Å². The molecular weight excluding hydrogens is 212 g/mol. The number of aryl methyl sites for hydroxylation is 1. The molecule has 0 spiro atoms. The number of carbonyl (C=O) groups excluding carboxylic acids is 1. The molecule has 1 aromatic heterocycles. The highest BCUT2D eigenvalue weighted by molar-refractivity contribution is 5.92. The smallest absolute Gasteiger partial charge is 0.309 e. The fourth-order valence-electron chi connectivity index (χ4n) is 1.05. The maximum absolute atomic E-state index is 11.5. The average Bonchev–Trinajstić information content (AvgIpc) is 2.49. The summed E-state index contributed by atoms with van der Waals surface area (Å²) in [5, 5.41) is 11.2. The molecule has 0 unspecified atom stereocenters. The number of amides is 1. The zero-order valence-electron chi connectivity index (χ0n) is 9.40. The van der Waals surface area contributed by atoms with Gasteiger partial charge < -0.3 is 9.52 Å². The van der Waals surface area contributed by atoms with Crippen LogP contribution >= 0.6 is 0 Å². The lowest BCUT2D eigenvalue weighted by atomic mass is 9.89. The summed E-state index contributed by atoms with van der Waals surface area (Å²) in [4.78, 5) is 26.1. The quantitative estimate of drug-likeness (QED) is 0.809.